The Morgan fingerprint density at radius 2 is 1.09 bits per heavy atom. The van der Waals surface area contributed by atoms with E-state index in [0.717, 1.165) is 71.5 Å². The third kappa shape index (κ3) is 4.62. The lowest BCUT2D eigenvalue weighted by Gasteiger charge is -2.34. The highest BCUT2D eigenvalue weighted by molar-refractivity contribution is 6.15. The lowest BCUT2D eigenvalue weighted by Crippen LogP contribution is -2.28. The maximum absolute atomic E-state index is 10.1. The van der Waals surface area contributed by atoms with Gasteiger partial charge in [-0.25, -0.2) is 4.98 Å². The molecule has 0 saturated carbocycles. The smallest absolute Gasteiger partial charge is 0.0991 e. The van der Waals surface area contributed by atoms with Gasteiger partial charge in [-0.1, -0.05) is 140 Å². The molecule has 0 spiro atoms. The van der Waals surface area contributed by atoms with E-state index in [1.165, 1.54) is 27.6 Å². The van der Waals surface area contributed by atoms with Crippen LogP contribution in [0.4, 0.5) is 0 Å². The molecule has 0 atom stereocenters. The minimum atomic E-state index is -0.602. The molecule has 1 aliphatic carbocycles. The average Bonchev–Trinajstić information content (AvgIpc) is 3.55. The predicted molar refractivity (Wildman–Crippen MR) is 225 cm³/mol. The van der Waals surface area contributed by atoms with Crippen LogP contribution in [0, 0.1) is 11.3 Å². The Morgan fingerprint density at radius 3 is 1.89 bits per heavy atom. The van der Waals surface area contributed by atoms with E-state index in [9.17, 15) is 5.26 Å². The summed E-state index contributed by atoms with van der Waals surface area (Å²) in [5.41, 5.74) is 14.4. The van der Waals surface area contributed by atoms with Gasteiger partial charge in [0.2, 0.25) is 0 Å². The van der Waals surface area contributed by atoms with Crippen molar-refractivity contribution in [2.24, 2.45) is 0 Å². The van der Waals surface area contributed by atoms with E-state index in [0.29, 0.717) is 5.56 Å². The summed E-state index contributed by atoms with van der Waals surface area (Å²) in [5, 5.41) is 15.6. The standard InChI is InChI=1S/C52H31N3/c53-32-33-20-24-43-44-25-23-36(31-48(44)52(47(43)27-33,40-14-3-1-4-15-40)41-16-5-2-6-17-41)35-12-9-13-37(28-35)46-30-39-29-38-22-21-34-11-7-8-18-42(34)49(38)55-50(39)51-45(46)19-10-26-54-51/h1-31H. The van der Waals surface area contributed by atoms with Crippen molar-refractivity contribution in [3.63, 3.8) is 0 Å². The topological polar surface area (TPSA) is 49.6 Å². The highest BCUT2D eigenvalue weighted by Gasteiger charge is 2.46. The quantitative estimate of drug-likeness (QED) is 0.136. The normalized spacial score (nSPS) is 12.9. The first-order valence-corrected chi connectivity index (χ1v) is 18.6. The van der Waals surface area contributed by atoms with Crippen LogP contribution in [0.3, 0.4) is 0 Å². The molecular formula is C52H31N3. The molecule has 254 valence electrons. The minimum Gasteiger partial charge on any atom is -0.254 e. The Balaban J connectivity index is 1.12. The largest absolute Gasteiger partial charge is 0.254 e. The van der Waals surface area contributed by atoms with Gasteiger partial charge in [-0.2, -0.15) is 5.26 Å². The highest BCUT2D eigenvalue weighted by Crippen LogP contribution is 2.57. The van der Waals surface area contributed by atoms with E-state index in [-0.39, 0.29) is 0 Å². The van der Waals surface area contributed by atoms with Gasteiger partial charge in [-0.15, -0.1) is 0 Å². The first-order valence-electron chi connectivity index (χ1n) is 18.6. The Hall–Kier alpha value is -7.41. The summed E-state index contributed by atoms with van der Waals surface area (Å²) in [6.07, 6.45) is 1.87. The first kappa shape index (κ1) is 31.1. The molecule has 3 nitrogen and oxygen atoms in total. The van der Waals surface area contributed by atoms with Crippen LogP contribution in [-0.2, 0) is 5.41 Å². The molecule has 55 heavy (non-hydrogen) atoms. The van der Waals surface area contributed by atoms with Gasteiger partial charge in [0, 0.05) is 27.7 Å². The molecule has 0 radical (unpaired) electrons. The van der Waals surface area contributed by atoms with Gasteiger partial charge in [0.05, 0.1) is 33.6 Å². The molecule has 10 aromatic rings. The van der Waals surface area contributed by atoms with E-state index >= 15 is 0 Å². The molecule has 1 aliphatic rings. The molecule has 0 unspecified atom stereocenters. The maximum Gasteiger partial charge on any atom is 0.0991 e. The van der Waals surface area contributed by atoms with Crippen molar-refractivity contribution in [3.8, 4) is 39.4 Å². The van der Waals surface area contributed by atoms with Crippen LogP contribution < -0.4 is 0 Å². The number of nitrogens with zero attached hydrogens (tertiary/aromatic N) is 3. The summed E-state index contributed by atoms with van der Waals surface area (Å²) < 4.78 is 0. The highest BCUT2D eigenvalue weighted by atomic mass is 14.7. The fraction of sp³-hybridized carbons (Fsp3) is 0.0192. The minimum absolute atomic E-state index is 0.602. The van der Waals surface area contributed by atoms with Gasteiger partial charge in [0.25, 0.3) is 0 Å². The van der Waals surface area contributed by atoms with Crippen LogP contribution >= 0.6 is 0 Å². The lowest BCUT2D eigenvalue weighted by atomic mass is 9.67. The number of nitriles is 1. The molecular weight excluding hydrogens is 667 g/mol. The SMILES string of the molecule is N#Cc1ccc2c(c1)C(c1ccccc1)(c1ccccc1)c1cc(-c3cccc(-c4cc5cc6ccc7ccccc7c6nc5c5ncccc45)c3)ccc1-2. The van der Waals surface area contributed by atoms with Crippen LogP contribution in [-0.4, -0.2) is 9.97 Å². The van der Waals surface area contributed by atoms with Gasteiger partial charge < -0.3 is 0 Å². The second kappa shape index (κ2) is 12.1. The molecule has 2 aromatic heterocycles. The Morgan fingerprint density at radius 1 is 0.418 bits per heavy atom. The summed E-state index contributed by atoms with van der Waals surface area (Å²) in [6, 6.07) is 67.3. The molecule has 11 rings (SSSR count). The monoisotopic (exact) mass is 697 g/mol. The lowest BCUT2D eigenvalue weighted by molar-refractivity contribution is 0.768. The molecule has 0 amide bonds. The molecule has 8 aromatic carbocycles. The fourth-order valence-corrected chi connectivity index (χ4v) is 9.11. The third-order valence-corrected chi connectivity index (χ3v) is 11.5. The number of hydrogen-bond donors (Lipinski definition) is 0. The van der Waals surface area contributed by atoms with Gasteiger partial charge >= 0.3 is 0 Å². The number of hydrogen-bond acceptors (Lipinski definition) is 3. The zero-order valence-corrected chi connectivity index (χ0v) is 29.7. The summed E-state index contributed by atoms with van der Waals surface area (Å²) in [7, 11) is 0. The zero-order chi connectivity index (χ0) is 36.5. The van der Waals surface area contributed by atoms with Crippen molar-refractivity contribution in [2.45, 2.75) is 5.41 Å². The van der Waals surface area contributed by atoms with Crippen molar-refractivity contribution in [2.75, 3.05) is 0 Å². The van der Waals surface area contributed by atoms with Gasteiger partial charge in [-0.3, -0.25) is 4.98 Å². The molecule has 0 fully saturated rings. The third-order valence-electron chi connectivity index (χ3n) is 11.5. The summed E-state index contributed by atoms with van der Waals surface area (Å²) >= 11 is 0. The van der Waals surface area contributed by atoms with Crippen LogP contribution in [0.15, 0.2) is 188 Å². The van der Waals surface area contributed by atoms with Gasteiger partial charge in [-0.05, 0) is 103 Å². The predicted octanol–water partition coefficient (Wildman–Crippen LogP) is 12.7. The Kier molecular flexibility index (Phi) is 6.83. The molecule has 0 bridgehead atoms. The number of pyridine rings is 2. The van der Waals surface area contributed by atoms with Crippen molar-refractivity contribution < 1.29 is 0 Å². The van der Waals surface area contributed by atoms with E-state index < -0.39 is 5.41 Å². The number of rotatable bonds is 4. The van der Waals surface area contributed by atoms with Gasteiger partial charge in [0.15, 0.2) is 0 Å². The Bertz CT molecular complexity index is 3170. The van der Waals surface area contributed by atoms with Crippen LogP contribution in [0.1, 0.15) is 27.8 Å². The average molecular weight is 698 g/mol. The van der Waals surface area contributed by atoms with Crippen LogP contribution in [0.5, 0.6) is 0 Å². The molecule has 2 heterocycles. The van der Waals surface area contributed by atoms with E-state index in [2.05, 4.69) is 176 Å². The Labute approximate surface area is 318 Å². The number of benzene rings is 8. The van der Waals surface area contributed by atoms with Crippen molar-refractivity contribution in [3.05, 3.63) is 216 Å². The van der Waals surface area contributed by atoms with E-state index in [4.69, 9.17) is 9.97 Å². The molecule has 3 heteroatoms. The van der Waals surface area contributed by atoms with Crippen LogP contribution in [0.25, 0.3) is 76.9 Å². The zero-order valence-electron chi connectivity index (χ0n) is 29.7. The van der Waals surface area contributed by atoms with E-state index in [1.807, 2.05) is 18.3 Å². The van der Waals surface area contributed by atoms with Crippen molar-refractivity contribution in [1.82, 2.24) is 9.97 Å². The van der Waals surface area contributed by atoms with E-state index in [1.54, 1.807) is 0 Å². The summed E-state index contributed by atoms with van der Waals surface area (Å²) in [5.74, 6) is 0. The fourth-order valence-electron chi connectivity index (χ4n) is 9.11. The number of aromatic nitrogens is 2. The van der Waals surface area contributed by atoms with Crippen molar-refractivity contribution in [1.29, 1.82) is 5.26 Å². The molecule has 0 N–H and O–H groups in total. The second-order valence-corrected chi connectivity index (χ2v) is 14.4. The van der Waals surface area contributed by atoms with Crippen molar-refractivity contribution >= 4 is 43.5 Å². The number of fused-ring (bicyclic) bond motifs is 9. The second-order valence-electron chi connectivity index (χ2n) is 14.4. The molecule has 0 aliphatic heterocycles. The van der Waals surface area contributed by atoms with Gasteiger partial charge in [0.1, 0.15) is 0 Å². The van der Waals surface area contributed by atoms with Crippen LogP contribution in [0.2, 0.25) is 0 Å². The first-order chi connectivity index (χ1) is 27.2. The summed E-state index contributed by atoms with van der Waals surface area (Å²) in [4.78, 5) is 10.2. The molecule has 0 saturated heterocycles. The maximum atomic E-state index is 10.1. The summed E-state index contributed by atoms with van der Waals surface area (Å²) in [6.45, 7) is 0.